The number of carboxylic acid groups (broad SMARTS) is 1. The van der Waals surface area contributed by atoms with Gasteiger partial charge in [-0.25, -0.2) is 9.59 Å². The third kappa shape index (κ3) is 12.0. The van der Waals surface area contributed by atoms with Crippen molar-refractivity contribution in [3.05, 3.63) is 60.9 Å². The molecule has 14 nitrogen and oxygen atoms in total. The molecule has 3 unspecified atom stereocenters. The molecule has 0 radical (unpaired) electrons. The second-order valence-electron chi connectivity index (χ2n) is 13.7. The SMILES string of the molecule is CC(C)(C)OC(=O)c1scc(Br)c1CCC1CCNC1=O.NC1CCNC1=O.O=C(O)c1scc(Br)c1CBr.O=C1CC(N2Cc3c(Br)csc3C2=O)C(=O)N1. The second-order valence-corrected chi connectivity index (χ2v) is 19.4. The molecule has 3 aromatic heterocycles. The Hall–Kier alpha value is -2.53. The highest BCUT2D eigenvalue weighted by Crippen LogP contribution is 2.37. The summed E-state index contributed by atoms with van der Waals surface area (Å²) in [6.45, 7) is 7.47. The number of carbonyl (C=O) groups excluding carboxylic acids is 6. The highest BCUT2D eigenvalue weighted by Gasteiger charge is 2.43. The van der Waals surface area contributed by atoms with Crippen molar-refractivity contribution < 1.29 is 43.4 Å². The largest absolute Gasteiger partial charge is 0.477 e. The van der Waals surface area contributed by atoms with E-state index in [1.807, 2.05) is 31.5 Å². The van der Waals surface area contributed by atoms with Crippen LogP contribution in [0, 0.1) is 5.92 Å². The van der Waals surface area contributed by atoms with Gasteiger partial charge in [0.15, 0.2) is 0 Å². The van der Waals surface area contributed by atoms with Gasteiger partial charge in [0.25, 0.3) is 5.91 Å². The second kappa shape index (κ2) is 20.4. The van der Waals surface area contributed by atoms with Crippen molar-refractivity contribution in [2.75, 3.05) is 13.1 Å². The van der Waals surface area contributed by atoms with E-state index in [1.165, 1.54) is 38.9 Å². The molecule has 0 saturated carbocycles. The van der Waals surface area contributed by atoms with Gasteiger partial charge in [0.1, 0.15) is 21.4 Å². The van der Waals surface area contributed by atoms with E-state index >= 15 is 0 Å². The molecule has 3 atom stereocenters. The number of amides is 5. The number of hydrogen-bond acceptors (Lipinski definition) is 12. The molecule has 5 amide bonds. The minimum atomic E-state index is -0.866. The van der Waals surface area contributed by atoms with E-state index in [0.29, 0.717) is 32.9 Å². The van der Waals surface area contributed by atoms with E-state index in [1.54, 1.807) is 5.38 Å². The quantitative estimate of drug-likeness (QED) is 0.100. The van der Waals surface area contributed by atoms with E-state index in [4.69, 9.17) is 15.6 Å². The van der Waals surface area contributed by atoms with E-state index in [-0.39, 0.29) is 53.9 Å². The summed E-state index contributed by atoms with van der Waals surface area (Å²) in [6, 6.07) is -0.888. The third-order valence-electron chi connectivity index (χ3n) is 8.54. The molecule has 0 aromatic carbocycles. The molecular weight excluding hydrogens is 1050 g/mol. The molecule has 304 valence electrons. The van der Waals surface area contributed by atoms with Crippen LogP contribution in [-0.2, 0) is 42.2 Å². The summed E-state index contributed by atoms with van der Waals surface area (Å²) in [5, 5.41) is 22.5. The van der Waals surface area contributed by atoms with Crippen molar-refractivity contribution >= 4 is 139 Å². The first kappa shape index (κ1) is 46.2. The molecule has 4 aliphatic heterocycles. The molecule has 0 aliphatic carbocycles. The lowest BCUT2D eigenvalue weighted by atomic mass is 9.98. The number of ether oxygens (including phenoxy) is 1. The summed E-state index contributed by atoms with van der Waals surface area (Å²) < 4.78 is 8.11. The zero-order valence-electron chi connectivity index (χ0n) is 30.3. The van der Waals surface area contributed by atoms with Crippen LogP contribution in [0.5, 0.6) is 0 Å². The zero-order chi connectivity index (χ0) is 41.5. The highest BCUT2D eigenvalue weighted by molar-refractivity contribution is 9.11. The Bertz CT molecular complexity index is 1990. The average molecular weight is 1090 g/mol. The van der Waals surface area contributed by atoms with Gasteiger partial charge >= 0.3 is 11.9 Å². The van der Waals surface area contributed by atoms with Crippen molar-refractivity contribution in [1.29, 1.82) is 0 Å². The van der Waals surface area contributed by atoms with Crippen LogP contribution in [0.3, 0.4) is 0 Å². The van der Waals surface area contributed by atoms with Crippen LogP contribution in [0.1, 0.15) is 92.2 Å². The van der Waals surface area contributed by atoms with E-state index in [0.717, 1.165) is 62.5 Å². The van der Waals surface area contributed by atoms with Gasteiger partial charge in [-0.05, 0) is 99.8 Å². The number of thiophene rings is 3. The maximum absolute atomic E-state index is 12.2. The number of alkyl halides is 1. The van der Waals surface area contributed by atoms with Gasteiger partial charge in [-0.3, -0.25) is 29.3 Å². The number of aromatic carboxylic acids is 1. The summed E-state index contributed by atoms with van der Waals surface area (Å²) in [4.78, 5) is 82.7. The number of rotatable bonds is 7. The van der Waals surface area contributed by atoms with Gasteiger partial charge in [-0.2, -0.15) is 0 Å². The molecular formula is C35H39Br4N5O9S3. The molecule has 3 saturated heterocycles. The van der Waals surface area contributed by atoms with Gasteiger partial charge in [0, 0.05) is 71.6 Å². The van der Waals surface area contributed by atoms with Gasteiger partial charge in [-0.1, -0.05) is 15.9 Å². The predicted octanol–water partition coefficient (Wildman–Crippen LogP) is 6.35. The Balaban J connectivity index is 0.000000177. The Morgan fingerprint density at radius 3 is 1.96 bits per heavy atom. The van der Waals surface area contributed by atoms with E-state index in [9.17, 15) is 33.6 Å². The Morgan fingerprint density at radius 1 is 0.893 bits per heavy atom. The molecule has 56 heavy (non-hydrogen) atoms. The molecule has 4 aliphatic rings. The smallest absolute Gasteiger partial charge is 0.349 e. The first-order valence-corrected chi connectivity index (χ1v) is 23.2. The van der Waals surface area contributed by atoms with Crippen LogP contribution in [0.15, 0.2) is 29.6 Å². The molecule has 0 spiro atoms. The van der Waals surface area contributed by atoms with Gasteiger partial charge in [-0.15, -0.1) is 34.0 Å². The van der Waals surface area contributed by atoms with Crippen molar-refractivity contribution in [1.82, 2.24) is 20.9 Å². The van der Waals surface area contributed by atoms with Crippen LogP contribution in [0.4, 0.5) is 0 Å². The number of nitrogens with zero attached hydrogens (tertiary/aromatic N) is 1. The number of esters is 1. The van der Waals surface area contributed by atoms with Crippen molar-refractivity contribution in [3.63, 3.8) is 0 Å². The van der Waals surface area contributed by atoms with Crippen molar-refractivity contribution in [3.8, 4) is 0 Å². The lowest BCUT2D eigenvalue weighted by Crippen LogP contribution is -2.40. The lowest BCUT2D eigenvalue weighted by Gasteiger charge is -2.20. The molecule has 6 N–H and O–H groups in total. The summed E-state index contributed by atoms with van der Waals surface area (Å²) in [5.74, 6) is -1.84. The monoisotopic (exact) mass is 1080 g/mol. The Morgan fingerprint density at radius 2 is 1.50 bits per heavy atom. The molecule has 3 aromatic rings. The van der Waals surface area contributed by atoms with Gasteiger partial charge in [0.05, 0.1) is 17.3 Å². The maximum atomic E-state index is 12.2. The average Bonchev–Trinajstić information content (AvgIpc) is 3.99. The van der Waals surface area contributed by atoms with Crippen LogP contribution >= 0.6 is 97.7 Å². The molecule has 0 bridgehead atoms. The first-order valence-electron chi connectivity index (χ1n) is 17.1. The summed E-state index contributed by atoms with van der Waals surface area (Å²) in [6.07, 6.45) is 3.20. The Labute approximate surface area is 368 Å². The number of imide groups is 1. The third-order valence-corrected chi connectivity index (χ3v) is 15.2. The number of carbonyl (C=O) groups is 7. The van der Waals surface area contributed by atoms with Crippen LogP contribution in [0.2, 0.25) is 0 Å². The number of carboxylic acids is 1. The molecule has 3 fully saturated rings. The fourth-order valence-corrected chi connectivity index (χ4v) is 11.7. The fraction of sp³-hybridized carbons (Fsp3) is 0.457. The fourth-order valence-electron chi connectivity index (χ4n) is 5.71. The molecule has 7 heterocycles. The molecule has 7 rings (SSSR count). The number of nitrogens with one attached hydrogen (secondary N) is 3. The normalized spacial score (nSPS) is 19.8. The Kier molecular flexibility index (Phi) is 16.8. The highest BCUT2D eigenvalue weighted by atomic mass is 79.9. The minimum absolute atomic E-state index is 0.0139. The summed E-state index contributed by atoms with van der Waals surface area (Å²) in [5.41, 5.74) is 7.43. The summed E-state index contributed by atoms with van der Waals surface area (Å²) >= 11 is 17.3. The predicted molar refractivity (Wildman–Crippen MR) is 227 cm³/mol. The number of hydrogen-bond donors (Lipinski definition) is 5. The number of fused-ring (bicyclic) bond motifs is 1. The van der Waals surface area contributed by atoms with Crippen LogP contribution in [-0.4, -0.2) is 82.3 Å². The number of nitrogens with two attached hydrogens (primary N) is 1. The summed E-state index contributed by atoms with van der Waals surface area (Å²) in [7, 11) is 0. The molecule has 21 heteroatoms. The van der Waals surface area contributed by atoms with Gasteiger partial charge in [0.2, 0.25) is 23.6 Å². The standard InChI is InChI=1S/C15H20BrNO3S.C10H7BrN2O3S.C6H4Br2O2S.C4H8N2O/c1-15(2,3)20-14(19)12-10(11(16)8-21-12)5-4-9-6-7-17-13(9)18;11-5-3-17-8-4(5)2-13(10(8)16)6-1-7(14)12-9(6)15;7-1-3-4(8)2-11-5(3)6(9)10;5-3-1-2-6-4(3)7/h8-9H,4-7H2,1-3H3,(H,17,18);3,6H,1-2H2,(H,12,14,15);2H,1H2,(H,9,10);3H,1-2,5H2,(H,6,7). The number of halogens is 4. The lowest BCUT2D eigenvalue weighted by molar-refractivity contribution is -0.126. The topological polar surface area (TPSA) is 214 Å². The van der Waals surface area contributed by atoms with E-state index < -0.39 is 17.6 Å². The zero-order valence-corrected chi connectivity index (χ0v) is 39.1. The first-order chi connectivity index (χ1) is 26.3. The van der Waals surface area contributed by atoms with Crippen LogP contribution < -0.4 is 21.7 Å². The maximum Gasteiger partial charge on any atom is 0.349 e. The van der Waals surface area contributed by atoms with Crippen LogP contribution in [0.25, 0.3) is 0 Å². The van der Waals surface area contributed by atoms with Crippen molar-refractivity contribution in [2.24, 2.45) is 11.7 Å². The van der Waals surface area contributed by atoms with Gasteiger partial charge < -0.3 is 31.1 Å². The van der Waals surface area contributed by atoms with E-state index in [2.05, 4.69) is 79.7 Å². The van der Waals surface area contributed by atoms with Crippen molar-refractivity contribution in [2.45, 2.75) is 82.4 Å². The minimum Gasteiger partial charge on any atom is -0.477 e.